The Kier molecular flexibility index (Phi) is 5.64. The van der Waals surface area contributed by atoms with Gasteiger partial charge in [0.05, 0.1) is 19.3 Å². The molecule has 1 atom stereocenters. The van der Waals surface area contributed by atoms with Crippen LogP contribution in [-0.4, -0.2) is 69.6 Å². The first-order chi connectivity index (χ1) is 9.65. The Morgan fingerprint density at radius 2 is 2.10 bits per heavy atom. The van der Waals surface area contributed by atoms with Crippen molar-refractivity contribution in [3.63, 3.8) is 0 Å². The maximum atomic E-state index is 10.1. The van der Waals surface area contributed by atoms with Crippen molar-refractivity contribution < 1.29 is 9.84 Å². The number of anilines is 2. The van der Waals surface area contributed by atoms with Crippen LogP contribution in [0, 0.1) is 0 Å². The molecule has 1 aliphatic rings. The zero-order chi connectivity index (χ0) is 14.4. The Bertz CT molecular complexity index is 406. The van der Waals surface area contributed by atoms with E-state index in [1.807, 2.05) is 26.2 Å². The van der Waals surface area contributed by atoms with E-state index in [1.54, 1.807) is 0 Å². The first-order valence-electron chi connectivity index (χ1n) is 7.14. The van der Waals surface area contributed by atoms with Crippen LogP contribution in [0.2, 0.25) is 0 Å². The molecule has 5 nitrogen and oxygen atoms in total. The Morgan fingerprint density at radius 3 is 2.80 bits per heavy atom. The van der Waals surface area contributed by atoms with Crippen LogP contribution >= 0.6 is 0 Å². The second-order valence-electron chi connectivity index (χ2n) is 5.39. The summed E-state index contributed by atoms with van der Waals surface area (Å²) in [7, 11) is 4.04. The van der Waals surface area contributed by atoms with Gasteiger partial charge in [-0.3, -0.25) is 4.90 Å². The second kappa shape index (κ2) is 7.47. The van der Waals surface area contributed by atoms with Gasteiger partial charge < -0.3 is 20.1 Å². The van der Waals surface area contributed by atoms with Gasteiger partial charge in [-0.2, -0.15) is 0 Å². The van der Waals surface area contributed by atoms with Crippen molar-refractivity contribution in [1.82, 2.24) is 4.90 Å². The lowest BCUT2D eigenvalue weighted by Crippen LogP contribution is -2.42. The molecular weight excluding hydrogens is 254 g/mol. The Labute approximate surface area is 121 Å². The van der Waals surface area contributed by atoms with Crippen molar-refractivity contribution in [2.75, 3.05) is 63.7 Å². The molecule has 1 fully saturated rings. The minimum absolute atomic E-state index is 0.365. The van der Waals surface area contributed by atoms with E-state index in [0.29, 0.717) is 13.1 Å². The molecule has 1 saturated heterocycles. The van der Waals surface area contributed by atoms with Crippen molar-refractivity contribution in [3.8, 4) is 0 Å². The van der Waals surface area contributed by atoms with Crippen LogP contribution in [0.15, 0.2) is 24.3 Å². The number of aliphatic hydroxyl groups excluding tert-OH is 1. The average molecular weight is 279 g/mol. The number of ether oxygens (including phenoxy) is 1. The molecule has 0 radical (unpaired) electrons. The lowest BCUT2D eigenvalue weighted by molar-refractivity contribution is 0.0171. The van der Waals surface area contributed by atoms with Crippen LogP contribution in [0.5, 0.6) is 0 Å². The van der Waals surface area contributed by atoms with Gasteiger partial charge in [0.15, 0.2) is 0 Å². The number of aliphatic hydroxyl groups is 1. The summed E-state index contributed by atoms with van der Waals surface area (Å²) < 4.78 is 5.30. The number of β-amino-alcohol motifs (C(OH)–C–C–N with tert-alkyl or cyclic N) is 1. The summed E-state index contributed by atoms with van der Waals surface area (Å²) in [5.74, 6) is 0. The highest BCUT2D eigenvalue weighted by atomic mass is 16.5. The summed E-state index contributed by atoms with van der Waals surface area (Å²) in [4.78, 5) is 4.31. The molecule has 2 N–H and O–H groups in total. The maximum absolute atomic E-state index is 10.1. The highest BCUT2D eigenvalue weighted by Gasteiger charge is 2.14. The van der Waals surface area contributed by atoms with Gasteiger partial charge >= 0.3 is 0 Å². The van der Waals surface area contributed by atoms with E-state index in [4.69, 9.17) is 4.74 Å². The van der Waals surface area contributed by atoms with Gasteiger partial charge in [-0.25, -0.2) is 0 Å². The normalized spacial score (nSPS) is 17.8. The van der Waals surface area contributed by atoms with Crippen LogP contribution in [-0.2, 0) is 4.74 Å². The monoisotopic (exact) mass is 279 g/mol. The molecule has 0 amide bonds. The molecule has 1 aliphatic heterocycles. The van der Waals surface area contributed by atoms with Gasteiger partial charge in [-0.1, -0.05) is 6.07 Å². The predicted molar refractivity (Wildman–Crippen MR) is 82.5 cm³/mol. The molecule has 2 rings (SSSR count). The maximum Gasteiger partial charge on any atom is 0.0839 e. The Morgan fingerprint density at radius 1 is 1.35 bits per heavy atom. The third-order valence-electron chi connectivity index (χ3n) is 3.48. The lowest BCUT2D eigenvalue weighted by atomic mass is 10.2. The van der Waals surface area contributed by atoms with E-state index in [-0.39, 0.29) is 6.10 Å². The summed E-state index contributed by atoms with van der Waals surface area (Å²) in [6.45, 7) is 4.62. The van der Waals surface area contributed by atoms with Gasteiger partial charge in [0.2, 0.25) is 0 Å². The largest absolute Gasteiger partial charge is 0.390 e. The Hall–Kier alpha value is -1.30. The quantitative estimate of drug-likeness (QED) is 0.809. The molecule has 0 saturated carbocycles. The van der Waals surface area contributed by atoms with Crippen LogP contribution in [0.3, 0.4) is 0 Å². The highest BCUT2D eigenvalue weighted by molar-refractivity contribution is 5.57. The first kappa shape index (κ1) is 15.1. The molecule has 0 aliphatic carbocycles. The van der Waals surface area contributed by atoms with Gasteiger partial charge in [0, 0.05) is 51.6 Å². The minimum Gasteiger partial charge on any atom is -0.390 e. The van der Waals surface area contributed by atoms with Gasteiger partial charge in [-0.15, -0.1) is 0 Å². The summed E-state index contributed by atoms with van der Waals surface area (Å²) in [6.07, 6.45) is -0.365. The van der Waals surface area contributed by atoms with Crippen LogP contribution in [0.25, 0.3) is 0 Å². The molecule has 1 unspecified atom stereocenters. The summed E-state index contributed by atoms with van der Waals surface area (Å²) in [5, 5.41) is 13.4. The zero-order valence-corrected chi connectivity index (χ0v) is 12.4. The molecule has 112 valence electrons. The van der Waals surface area contributed by atoms with Crippen molar-refractivity contribution in [2.24, 2.45) is 0 Å². The molecule has 1 heterocycles. The molecule has 1 aromatic carbocycles. The topological polar surface area (TPSA) is 48.0 Å². The van der Waals surface area contributed by atoms with Crippen molar-refractivity contribution >= 4 is 11.4 Å². The average Bonchev–Trinajstić information content (AvgIpc) is 2.46. The number of nitrogens with one attached hydrogen (secondary N) is 1. The van der Waals surface area contributed by atoms with Crippen molar-refractivity contribution in [3.05, 3.63) is 24.3 Å². The van der Waals surface area contributed by atoms with Crippen molar-refractivity contribution in [1.29, 1.82) is 0 Å². The zero-order valence-electron chi connectivity index (χ0n) is 12.4. The van der Waals surface area contributed by atoms with Crippen molar-refractivity contribution in [2.45, 2.75) is 6.10 Å². The molecular formula is C15H25N3O2. The van der Waals surface area contributed by atoms with Gasteiger partial charge in [-0.05, 0) is 18.2 Å². The fourth-order valence-corrected chi connectivity index (χ4v) is 2.28. The van der Waals surface area contributed by atoms with Gasteiger partial charge in [0.1, 0.15) is 0 Å². The Balaban J connectivity index is 1.77. The van der Waals surface area contributed by atoms with Gasteiger partial charge in [0.25, 0.3) is 0 Å². The SMILES string of the molecule is CN(C)c1cccc(NCC(O)CN2CCOCC2)c1. The van der Waals surface area contributed by atoms with E-state index in [0.717, 1.165) is 37.7 Å². The summed E-state index contributed by atoms with van der Waals surface area (Å²) in [5.41, 5.74) is 2.19. The second-order valence-corrected chi connectivity index (χ2v) is 5.39. The van der Waals surface area contributed by atoms with E-state index in [1.165, 1.54) is 0 Å². The molecule has 1 aromatic rings. The predicted octanol–water partition coefficient (Wildman–Crippen LogP) is 0.858. The molecule has 20 heavy (non-hydrogen) atoms. The van der Waals surface area contributed by atoms with E-state index >= 15 is 0 Å². The highest BCUT2D eigenvalue weighted by Crippen LogP contribution is 2.17. The number of hydrogen-bond acceptors (Lipinski definition) is 5. The third-order valence-corrected chi connectivity index (χ3v) is 3.48. The van der Waals surface area contributed by atoms with Crippen LogP contribution in [0.1, 0.15) is 0 Å². The minimum atomic E-state index is -0.365. The van der Waals surface area contributed by atoms with Crippen LogP contribution in [0.4, 0.5) is 11.4 Å². The fourth-order valence-electron chi connectivity index (χ4n) is 2.28. The molecule has 0 aromatic heterocycles. The smallest absolute Gasteiger partial charge is 0.0839 e. The van der Waals surface area contributed by atoms with E-state index in [9.17, 15) is 5.11 Å². The summed E-state index contributed by atoms with van der Waals surface area (Å²) >= 11 is 0. The fraction of sp³-hybridized carbons (Fsp3) is 0.600. The number of nitrogens with zero attached hydrogens (tertiary/aromatic N) is 2. The first-order valence-corrected chi connectivity index (χ1v) is 7.14. The number of morpholine rings is 1. The molecule has 5 heteroatoms. The number of rotatable bonds is 6. The molecule has 0 spiro atoms. The van der Waals surface area contributed by atoms with E-state index < -0.39 is 0 Å². The van der Waals surface area contributed by atoms with E-state index in [2.05, 4.69) is 27.2 Å². The lowest BCUT2D eigenvalue weighted by Gasteiger charge is -2.28. The third kappa shape index (κ3) is 4.67. The van der Waals surface area contributed by atoms with Crippen LogP contribution < -0.4 is 10.2 Å². The standard InChI is InChI=1S/C15H25N3O2/c1-17(2)14-5-3-4-13(10-14)16-11-15(19)12-18-6-8-20-9-7-18/h3-5,10,15-16,19H,6-9,11-12H2,1-2H3. The number of benzene rings is 1. The number of hydrogen-bond donors (Lipinski definition) is 2. The molecule has 0 bridgehead atoms. The summed E-state index contributed by atoms with van der Waals surface area (Å²) in [6, 6.07) is 8.19.